The minimum Gasteiger partial charge on any atom is -0.342 e. The number of nitrogens with one attached hydrogen (secondary N) is 1. The van der Waals surface area contributed by atoms with Crippen LogP contribution in [0.1, 0.15) is 15.9 Å². The molecule has 7 heteroatoms. The standard InChI is InChI=1S/C24H23N3O3S/c1-26(2)31(29,30)20-12-8-11-19(15-20)25-24(28)22-17-27(16-18-9-4-3-5-10-18)23-14-7-6-13-21(22)23/h3-15,17H,16H2,1-2H3,(H,25,28). The van der Waals surface area contributed by atoms with E-state index < -0.39 is 10.0 Å². The highest BCUT2D eigenvalue weighted by atomic mass is 32.2. The first kappa shape index (κ1) is 20.8. The maximum absolute atomic E-state index is 13.1. The quantitative estimate of drug-likeness (QED) is 0.496. The number of nitrogens with zero attached hydrogens (tertiary/aromatic N) is 2. The van der Waals surface area contributed by atoms with Crippen LogP contribution in [-0.2, 0) is 16.6 Å². The van der Waals surface area contributed by atoms with Gasteiger partial charge in [-0.25, -0.2) is 12.7 Å². The first-order chi connectivity index (χ1) is 14.9. The van der Waals surface area contributed by atoms with E-state index in [4.69, 9.17) is 0 Å². The molecular weight excluding hydrogens is 410 g/mol. The molecule has 1 N–H and O–H groups in total. The van der Waals surface area contributed by atoms with Gasteiger partial charge in [0.25, 0.3) is 5.91 Å². The highest BCUT2D eigenvalue weighted by molar-refractivity contribution is 7.89. The average Bonchev–Trinajstić information content (AvgIpc) is 3.13. The van der Waals surface area contributed by atoms with E-state index in [0.29, 0.717) is 17.8 Å². The zero-order valence-electron chi connectivity index (χ0n) is 17.3. The summed E-state index contributed by atoms with van der Waals surface area (Å²) in [6.07, 6.45) is 1.84. The molecule has 0 aliphatic rings. The Hall–Kier alpha value is -3.42. The number of hydrogen-bond donors (Lipinski definition) is 1. The van der Waals surface area contributed by atoms with Crippen molar-refractivity contribution in [3.8, 4) is 0 Å². The van der Waals surface area contributed by atoms with E-state index in [0.717, 1.165) is 20.8 Å². The van der Waals surface area contributed by atoms with Crippen LogP contribution in [0.4, 0.5) is 5.69 Å². The smallest absolute Gasteiger partial charge is 0.257 e. The summed E-state index contributed by atoms with van der Waals surface area (Å²) in [5.74, 6) is -0.289. The highest BCUT2D eigenvalue weighted by Gasteiger charge is 2.19. The molecule has 0 aliphatic carbocycles. The molecule has 0 fully saturated rings. The van der Waals surface area contributed by atoms with Gasteiger partial charge in [-0.3, -0.25) is 4.79 Å². The number of sulfonamides is 1. The highest BCUT2D eigenvalue weighted by Crippen LogP contribution is 2.24. The predicted octanol–water partition coefficient (Wildman–Crippen LogP) is 4.19. The zero-order valence-corrected chi connectivity index (χ0v) is 18.1. The number of rotatable bonds is 6. The van der Waals surface area contributed by atoms with Crippen LogP contribution in [0.2, 0.25) is 0 Å². The van der Waals surface area contributed by atoms with Gasteiger partial charge in [0.2, 0.25) is 10.0 Å². The van der Waals surface area contributed by atoms with Gasteiger partial charge in [-0.1, -0.05) is 54.6 Å². The number of anilines is 1. The number of benzene rings is 3. The molecule has 1 amide bonds. The van der Waals surface area contributed by atoms with E-state index in [1.165, 1.54) is 26.2 Å². The van der Waals surface area contributed by atoms with Crippen molar-refractivity contribution in [2.45, 2.75) is 11.4 Å². The van der Waals surface area contributed by atoms with E-state index in [1.54, 1.807) is 12.1 Å². The fourth-order valence-electron chi connectivity index (χ4n) is 3.48. The summed E-state index contributed by atoms with van der Waals surface area (Å²) in [4.78, 5) is 13.2. The maximum atomic E-state index is 13.1. The molecule has 158 valence electrons. The van der Waals surface area contributed by atoms with E-state index in [2.05, 4.69) is 5.32 Å². The summed E-state index contributed by atoms with van der Waals surface area (Å²) in [6, 6.07) is 24.1. The lowest BCUT2D eigenvalue weighted by molar-refractivity contribution is 0.102. The van der Waals surface area contributed by atoms with Crippen LogP contribution < -0.4 is 5.32 Å². The predicted molar refractivity (Wildman–Crippen MR) is 123 cm³/mol. The number of amides is 1. The molecule has 31 heavy (non-hydrogen) atoms. The van der Waals surface area contributed by atoms with Gasteiger partial charge in [-0.2, -0.15) is 0 Å². The Labute approximate surface area is 181 Å². The van der Waals surface area contributed by atoms with Gasteiger partial charge in [0.1, 0.15) is 0 Å². The van der Waals surface area contributed by atoms with Gasteiger partial charge in [0.05, 0.1) is 10.5 Å². The molecule has 4 rings (SSSR count). The second-order valence-corrected chi connectivity index (χ2v) is 9.59. The lowest BCUT2D eigenvalue weighted by Gasteiger charge is -2.12. The molecule has 0 unspecified atom stereocenters. The van der Waals surface area contributed by atoms with E-state index in [9.17, 15) is 13.2 Å². The van der Waals surface area contributed by atoms with Crippen molar-refractivity contribution in [2.24, 2.45) is 0 Å². The second kappa shape index (κ2) is 8.37. The third-order valence-corrected chi connectivity index (χ3v) is 6.91. The minimum atomic E-state index is -3.59. The monoisotopic (exact) mass is 433 g/mol. The minimum absolute atomic E-state index is 0.127. The van der Waals surface area contributed by atoms with E-state index >= 15 is 0 Å². The van der Waals surface area contributed by atoms with Crippen LogP contribution in [0.3, 0.4) is 0 Å². The molecule has 0 bridgehead atoms. The molecule has 0 atom stereocenters. The largest absolute Gasteiger partial charge is 0.342 e. The molecule has 0 saturated heterocycles. The number of hydrogen-bond acceptors (Lipinski definition) is 3. The van der Waals surface area contributed by atoms with Crippen LogP contribution in [0.15, 0.2) is 90.0 Å². The van der Waals surface area contributed by atoms with Crippen LogP contribution >= 0.6 is 0 Å². The zero-order chi connectivity index (χ0) is 22.0. The number of para-hydroxylation sites is 1. The van der Waals surface area contributed by atoms with Crippen molar-refractivity contribution in [1.29, 1.82) is 0 Å². The van der Waals surface area contributed by atoms with Gasteiger partial charge < -0.3 is 9.88 Å². The summed E-state index contributed by atoms with van der Waals surface area (Å²) in [6.45, 7) is 0.644. The molecule has 0 radical (unpaired) electrons. The lowest BCUT2D eigenvalue weighted by Crippen LogP contribution is -2.22. The maximum Gasteiger partial charge on any atom is 0.257 e. The van der Waals surface area contributed by atoms with Gasteiger partial charge in [-0.05, 0) is 29.8 Å². The Balaban J connectivity index is 1.66. The number of fused-ring (bicyclic) bond motifs is 1. The Morgan fingerprint density at radius 1 is 0.935 bits per heavy atom. The van der Waals surface area contributed by atoms with Crippen molar-refractivity contribution in [1.82, 2.24) is 8.87 Å². The summed E-state index contributed by atoms with van der Waals surface area (Å²) >= 11 is 0. The molecule has 1 heterocycles. The Morgan fingerprint density at radius 3 is 2.39 bits per heavy atom. The Kier molecular flexibility index (Phi) is 5.63. The van der Waals surface area contributed by atoms with E-state index in [-0.39, 0.29) is 10.8 Å². The van der Waals surface area contributed by atoms with Crippen molar-refractivity contribution in [3.05, 3.63) is 96.2 Å². The number of carbonyl (C=O) groups excluding carboxylic acids is 1. The normalized spacial score (nSPS) is 11.7. The summed E-state index contributed by atoms with van der Waals surface area (Å²) < 4.78 is 28.0. The van der Waals surface area contributed by atoms with Gasteiger partial charge in [-0.15, -0.1) is 0 Å². The first-order valence-corrected chi connectivity index (χ1v) is 11.3. The average molecular weight is 434 g/mol. The van der Waals surface area contributed by atoms with Crippen molar-refractivity contribution < 1.29 is 13.2 Å². The van der Waals surface area contributed by atoms with Crippen LogP contribution in [-0.4, -0.2) is 37.3 Å². The summed E-state index contributed by atoms with van der Waals surface area (Å²) in [7, 11) is -0.638. The van der Waals surface area contributed by atoms with Crippen LogP contribution in [0, 0.1) is 0 Å². The van der Waals surface area contributed by atoms with Crippen molar-refractivity contribution in [3.63, 3.8) is 0 Å². The van der Waals surface area contributed by atoms with Crippen LogP contribution in [0.5, 0.6) is 0 Å². The van der Waals surface area contributed by atoms with Crippen molar-refractivity contribution >= 4 is 32.5 Å². The third kappa shape index (κ3) is 4.23. The Morgan fingerprint density at radius 2 is 1.65 bits per heavy atom. The van der Waals surface area contributed by atoms with Crippen LogP contribution in [0.25, 0.3) is 10.9 Å². The number of carbonyl (C=O) groups is 1. The summed E-state index contributed by atoms with van der Waals surface area (Å²) in [5, 5.41) is 3.68. The molecule has 0 spiro atoms. The number of aromatic nitrogens is 1. The molecule has 4 aromatic rings. The topological polar surface area (TPSA) is 71.4 Å². The van der Waals surface area contributed by atoms with Gasteiger partial charge >= 0.3 is 0 Å². The fraction of sp³-hybridized carbons (Fsp3) is 0.125. The first-order valence-electron chi connectivity index (χ1n) is 9.82. The molecule has 3 aromatic carbocycles. The van der Waals surface area contributed by atoms with Gasteiger partial charge in [0, 0.05) is 43.4 Å². The van der Waals surface area contributed by atoms with E-state index in [1.807, 2.05) is 65.4 Å². The lowest BCUT2D eigenvalue weighted by atomic mass is 10.1. The SMILES string of the molecule is CN(C)S(=O)(=O)c1cccc(NC(=O)c2cn(Cc3ccccc3)c3ccccc23)c1. The summed E-state index contributed by atoms with van der Waals surface area (Å²) in [5.41, 5.74) is 3.05. The second-order valence-electron chi connectivity index (χ2n) is 7.44. The third-order valence-electron chi connectivity index (χ3n) is 5.10. The molecule has 1 aromatic heterocycles. The van der Waals surface area contributed by atoms with Crippen molar-refractivity contribution in [2.75, 3.05) is 19.4 Å². The molecular formula is C24H23N3O3S. The molecule has 0 saturated carbocycles. The fourth-order valence-corrected chi connectivity index (χ4v) is 4.43. The van der Waals surface area contributed by atoms with Gasteiger partial charge in [0.15, 0.2) is 0 Å². The Bertz CT molecular complexity index is 1340. The molecule has 0 aliphatic heterocycles. The molecule has 6 nitrogen and oxygen atoms in total.